The molecule has 0 saturated heterocycles. The van der Waals surface area contributed by atoms with Crippen molar-refractivity contribution >= 4 is 94.5 Å². The third-order valence-electron chi connectivity index (χ3n) is 10.8. The van der Waals surface area contributed by atoms with Crippen molar-refractivity contribution in [3.8, 4) is 16.8 Å². The number of furan rings is 2. The molecule has 0 radical (unpaired) electrons. The molecule has 3 aromatic heterocycles. The molecule has 0 spiro atoms. The summed E-state index contributed by atoms with van der Waals surface area (Å²) < 4.78 is 15.2. The molecule has 0 fully saturated rings. The van der Waals surface area contributed by atoms with Gasteiger partial charge in [0, 0.05) is 71.3 Å². The van der Waals surface area contributed by atoms with Gasteiger partial charge in [0.15, 0.2) is 0 Å². The summed E-state index contributed by atoms with van der Waals surface area (Å²) in [4.78, 5) is 4.86. The van der Waals surface area contributed by atoms with Gasteiger partial charge in [-0.3, -0.25) is 0 Å². The van der Waals surface area contributed by atoms with Gasteiger partial charge in [-0.15, -0.1) is 0 Å². The van der Waals surface area contributed by atoms with Gasteiger partial charge in [0.25, 0.3) is 0 Å². The summed E-state index contributed by atoms with van der Waals surface area (Å²) in [6, 6.07) is 60.6. The highest BCUT2D eigenvalue weighted by Crippen LogP contribution is 2.47. The van der Waals surface area contributed by atoms with Crippen LogP contribution >= 0.6 is 11.8 Å². The lowest BCUT2D eigenvalue weighted by molar-refractivity contribution is 0.669. The molecule has 4 nitrogen and oxygen atoms in total. The van der Waals surface area contributed by atoms with Gasteiger partial charge in [0.1, 0.15) is 22.3 Å². The molecule has 1 aliphatic heterocycles. The van der Waals surface area contributed by atoms with E-state index in [1.165, 1.54) is 42.8 Å². The zero-order valence-electron chi connectivity index (χ0n) is 28.3. The molecule has 0 amide bonds. The van der Waals surface area contributed by atoms with Crippen molar-refractivity contribution in [2.24, 2.45) is 0 Å². The molecule has 0 N–H and O–H groups in total. The minimum absolute atomic E-state index is 0.857. The molecule has 11 aromatic rings. The summed E-state index contributed by atoms with van der Waals surface area (Å²) in [7, 11) is 0. The van der Waals surface area contributed by atoms with Gasteiger partial charge in [-0.1, -0.05) is 96.7 Å². The van der Waals surface area contributed by atoms with Gasteiger partial charge in [0.05, 0.1) is 16.7 Å². The lowest BCUT2D eigenvalue weighted by atomic mass is 10.0. The molecule has 0 unspecified atom stereocenters. The smallest absolute Gasteiger partial charge is 0.137 e. The molecule has 53 heavy (non-hydrogen) atoms. The Morgan fingerprint density at radius 2 is 0.943 bits per heavy atom. The highest BCUT2D eigenvalue weighted by molar-refractivity contribution is 7.99. The minimum atomic E-state index is 0.857. The van der Waals surface area contributed by atoms with E-state index in [1.54, 1.807) is 0 Å². The number of hydrogen-bond acceptors (Lipinski definition) is 4. The Morgan fingerprint density at radius 3 is 1.66 bits per heavy atom. The second kappa shape index (κ2) is 10.9. The van der Waals surface area contributed by atoms with Crippen LogP contribution in [-0.4, -0.2) is 4.57 Å². The second-order valence-electron chi connectivity index (χ2n) is 13.7. The molecule has 248 valence electrons. The fraction of sp³-hybridized carbons (Fsp3) is 0. The number of rotatable bonds is 4. The standard InChI is InChI=1S/C48H28N2O2S/c1-4-12-42-35(8-1)37-24-21-32(27-44(37)51-42)49(33-22-25-38-36-9-2-5-13-43(36)52-45(38)28-33)31-19-16-29(17-20-31)30-18-23-34-39-10-7-15-47-48(39)50(41(34)26-30)40-11-3-6-14-46(40)53-47/h1-28H. The number of anilines is 3. The van der Waals surface area contributed by atoms with Crippen LogP contribution in [0.15, 0.2) is 188 Å². The van der Waals surface area contributed by atoms with Crippen LogP contribution in [0.4, 0.5) is 17.1 Å². The molecular formula is C48H28N2O2S. The Labute approximate surface area is 308 Å². The van der Waals surface area contributed by atoms with E-state index < -0.39 is 0 Å². The van der Waals surface area contributed by atoms with Crippen molar-refractivity contribution in [2.75, 3.05) is 4.90 Å². The third-order valence-corrected chi connectivity index (χ3v) is 11.9. The van der Waals surface area contributed by atoms with Crippen LogP contribution in [0.2, 0.25) is 0 Å². The van der Waals surface area contributed by atoms with Gasteiger partial charge < -0.3 is 18.3 Å². The molecule has 0 atom stereocenters. The van der Waals surface area contributed by atoms with Crippen LogP contribution in [0.5, 0.6) is 0 Å². The molecule has 4 heterocycles. The minimum Gasteiger partial charge on any atom is -0.456 e. The van der Waals surface area contributed by atoms with E-state index in [-0.39, 0.29) is 0 Å². The molecule has 0 bridgehead atoms. The van der Waals surface area contributed by atoms with Crippen LogP contribution in [0, 0.1) is 0 Å². The average molecular weight is 697 g/mol. The summed E-state index contributed by atoms with van der Waals surface area (Å²) in [5, 5.41) is 7.01. The normalized spacial score (nSPS) is 12.5. The van der Waals surface area contributed by atoms with Crippen LogP contribution in [-0.2, 0) is 0 Å². The lowest BCUT2D eigenvalue weighted by Crippen LogP contribution is -2.09. The summed E-state index contributed by atoms with van der Waals surface area (Å²) >= 11 is 1.86. The molecule has 0 aliphatic carbocycles. The maximum Gasteiger partial charge on any atom is 0.137 e. The average Bonchev–Trinajstić information content (AvgIpc) is 3.88. The van der Waals surface area contributed by atoms with Crippen molar-refractivity contribution in [3.63, 3.8) is 0 Å². The van der Waals surface area contributed by atoms with E-state index in [2.05, 4.69) is 155 Å². The lowest BCUT2D eigenvalue weighted by Gasteiger charge is -2.25. The summed E-state index contributed by atoms with van der Waals surface area (Å²) in [6.45, 7) is 0. The van der Waals surface area contributed by atoms with E-state index >= 15 is 0 Å². The highest BCUT2D eigenvalue weighted by Gasteiger charge is 2.23. The Balaban J connectivity index is 1.01. The van der Waals surface area contributed by atoms with E-state index in [1.807, 2.05) is 36.0 Å². The van der Waals surface area contributed by atoms with E-state index in [4.69, 9.17) is 8.83 Å². The number of nitrogens with zero attached hydrogens (tertiary/aromatic N) is 2. The van der Waals surface area contributed by atoms with Gasteiger partial charge in [-0.2, -0.15) is 0 Å². The first-order chi connectivity index (χ1) is 26.2. The number of aromatic nitrogens is 1. The second-order valence-corrected chi connectivity index (χ2v) is 14.8. The fourth-order valence-corrected chi connectivity index (χ4v) is 9.44. The van der Waals surface area contributed by atoms with Crippen molar-refractivity contribution in [3.05, 3.63) is 170 Å². The molecule has 12 rings (SSSR count). The molecular weight excluding hydrogens is 669 g/mol. The Bertz CT molecular complexity index is 3160. The summed E-state index contributed by atoms with van der Waals surface area (Å²) in [6.07, 6.45) is 0. The monoisotopic (exact) mass is 696 g/mol. The van der Waals surface area contributed by atoms with E-state index in [9.17, 15) is 0 Å². The Hall–Kier alpha value is -6.69. The van der Waals surface area contributed by atoms with E-state index in [0.717, 1.165) is 66.5 Å². The first kappa shape index (κ1) is 28.9. The predicted molar refractivity (Wildman–Crippen MR) is 220 cm³/mol. The maximum absolute atomic E-state index is 6.36. The van der Waals surface area contributed by atoms with Crippen molar-refractivity contribution < 1.29 is 8.83 Å². The Kier molecular flexibility index (Phi) is 5.96. The largest absolute Gasteiger partial charge is 0.456 e. The molecule has 0 saturated carbocycles. The summed E-state index contributed by atoms with van der Waals surface area (Å²) in [5.74, 6) is 0. The predicted octanol–water partition coefficient (Wildman–Crippen LogP) is 14.2. The van der Waals surface area contributed by atoms with Gasteiger partial charge in [-0.25, -0.2) is 0 Å². The van der Waals surface area contributed by atoms with Crippen molar-refractivity contribution in [1.82, 2.24) is 4.57 Å². The van der Waals surface area contributed by atoms with Gasteiger partial charge >= 0.3 is 0 Å². The van der Waals surface area contributed by atoms with Crippen LogP contribution in [0.1, 0.15) is 0 Å². The topological polar surface area (TPSA) is 34.5 Å². The van der Waals surface area contributed by atoms with Gasteiger partial charge in [0.2, 0.25) is 0 Å². The Morgan fingerprint density at radius 1 is 0.396 bits per heavy atom. The number of hydrogen-bond donors (Lipinski definition) is 0. The molecule has 8 aromatic carbocycles. The highest BCUT2D eigenvalue weighted by atomic mass is 32.2. The number of fused-ring (bicyclic) bond motifs is 11. The first-order valence-electron chi connectivity index (χ1n) is 17.8. The van der Waals surface area contributed by atoms with Crippen molar-refractivity contribution in [2.45, 2.75) is 9.79 Å². The van der Waals surface area contributed by atoms with E-state index in [0.29, 0.717) is 0 Å². The van der Waals surface area contributed by atoms with Crippen LogP contribution in [0.3, 0.4) is 0 Å². The zero-order chi connectivity index (χ0) is 34.6. The quantitative estimate of drug-likeness (QED) is 0.183. The number of benzene rings is 8. The zero-order valence-corrected chi connectivity index (χ0v) is 29.1. The fourth-order valence-electron chi connectivity index (χ4n) is 8.35. The SMILES string of the molecule is c1ccc2c(c1)Sc1cccc3c4ccc(-c5ccc(N(c6ccc7c(c6)oc6ccccc67)c6ccc7c(c6)oc6ccccc67)cc5)cc4n-2c13. The third kappa shape index (κ3) is 4.26. The first-order valence-corrected chi connectivity index (χ1v) is 18.6. The van der Waals surface area contributed by atoms with Crippen molar-refractivity contribution in [1.29, 1.82) is 0 Å². The number of para-hydroxylation sites is 4. The van der Waals surface area contributed by atoms with Crippen LogP contribution in [0.25, 0.3) is 82.5 Å². The molecule has 5 heteroatoms. The molecule has 1 aliphatic rings. The van der Waals surface area contributed by atoms with Gasteiger partial charge in [-0.05, 0) is 83.9 Å². The van der Waals surface area contributed by atoms with Crippen LogP contribution < -0.4 is 4.90 Å². The maximum atomic E-state index is 6.36. The summed E-state index contributed by atoms with van der Waals surface area (Å²) in [5.41, 5.74) is 12.6.